The lowest BCUT2D eigenvalue weighted by Crippen LogP contribution is -2.29. The van der Waals surface area contributed by atoms with E-state index >= 15 is 0 Å². The fourth-order valence-electron chi connectivity index (χ4n) is 3.55. The average molecular weight is 473 g/mol. The first-order valence-corrected chi connectivity index (χ1v) is 9.99. The number of alkyl halides is 6. The molecule has 5 nitrogen and oxygen atoms in total. The molecule has 1 aliphatic rings. The van der Waals surface area contributed by atoms with E-state index < -0.39 is 35.0 Å². The summed E-state index contributed by atoms with van der Waals surface area (Å²) in [4.78, 5) is 28.8. The van der Waals surface area contributed by atoms with E-state index in [0.29, 0.717) is 30.9 Å². The number of nitrogens with one attached hydrogen (secondary N) is 1. The summed E-state index contributed by atoms with van der Waals surface area (Å²) < 4.78 is 78.5. The highest BCUT2D eigenvalue weighted by molar-refractivity contribution is 6.06. The maximum atomic E-state index is 13.1. The number of halogens is 6. The van der Waals surface area contributed by atoms with Crippen molar-refractivity contribution in [1.82, 2.24) is 4.90 Å². The van der Waals surface area contributed by atoms with Crippen molar-refractivity contribution in [3.05, 3.63) is 58.7 Å². The molecular formula is C22H21F6N3O2. The van der Waals surface area contributed by atoms with Gasteiger partial charge in [0.05, 0.1) is 16.7 Å². The molecule has 2 aromatic rings. The Morgan fingerprint density at radius 3 is 1.91 bits per heavy atom. The maximum Gasteiger partial charge on any atom is 0.416 e. The average Bonchev–Trinajstić information content (AvgIpc) is 3.26. The lowest BCUT2D eigenvalue weighted by Gasteiger charge is -2.22. The molecule has 178 valence electrons. The van der Waals surface area contributed by atoms with Gasteiger partial charge in [-0.2, -0.15) is 26.3 Å². The van der Waals surface area contributed by atoms with Crippen LogP contribution in [0.25, 0.3) is 0 Å². The van der Waals surface area contributed by atoms with Crippen LogP contribution in [0.2, 0.25) is 0 Å². The van der Waals surface area contributed by atoms with Gasteiger partial charge in [0.15, 0.2) is 0 Å². The second-order valence-corrected chi connectivity index (χ2v) is 7.87. The molecule has 0 aliphatic carbocycles. The van der Waals surface area contributed by atoms with Gasteiger partial charge in [0.25, 0.3) is 11.8 Å². The molecule has 0 aromatic heterocycles. The molecule has 0 unspecified atom stereocenters. The van der Waals surface area contributed by atoms with Gasteiger partial charge in [-0.1, -0.05) is 0 Å². The Bertz CT molecular complexity index is 1020. The third kappa shape index (κ3) is 5.58. The van der Waals surface area contributed by atoms with Gasteiger partial charge in [-0.05, 0) is 49.2 Å². The van der Waals surface area contributed by atoms with Crippen LogP contribution in [0, 0.1) is 0 Å². The van der Waals surface area contributed by atoms with Gasteiger partial charge in [0.1, 0.15) is 0 Å². The number of hydrogen-bond acceptors (Lipinski definition) is 3. The van der Waals surface area contributed by atoms with Gasteiger partial charge in [0.2, 0.25) is 0 Å². The molecule has 11 heteroatoms. The minimum atomic E-state index is -5.07. The van der Waals surface area contributed by atoms with Crippen LogP contribution >= 0.6 is 0 Å². The number of carbonyl (C=O) groups excluding carboxylic acids is 2. The van der Waals surface area contributed by atoms with Gasteiger partial charge in [-0.3, -0.25) is 9.59 Å². The van der Waals surface area contributed by atoms with E-state index in [2.05, 4.69) is 5.32 Å². The molecule has 2 amide bonds. The molecule has 1 fully saturated rings. The molecular weight excluding hydrogens is 452 g/mol. The normalized spacial score (nSPS) is 14.4. The van der Waals surface area contributed by atoms with Gasteiger partial charge in [-0.25, -0.2) is 0 Å². The zero-order valence-electron chi connectivity index (χ0n) is 17.8. The highest BCUT2D eigenvalue weighted by Gasteiger charge is 2.37. The fourth-order valence-corrected chi connectivity index (χ4v) is 3.55. The molecule has 3 rings (SSSR count). The summed E-state index contributed by atoms with van der Waals surface area (Å²) >= 11 is 0. The molecule has 2 aromatic carbocycles. The Morgan fingerprint density at radius 2 is 1.42 bits per heavy atom. The van der Waals surface area contributed by atoms with Crippen molar-refractivity contribution >= 4 is 23.2 Å². The Labute approximate surface area is 186 Å². The van der Waals surface area contributed by atoms with Gasteiger partial charge >= 0.3 is 12.4 Å². The van der Waals surface area contributed by atoms with E-state index in [-0.39, 0.29) is 23.2 Å². The zero-order valence-corrected chi connectivity index (χ0v) is 17.8. The molecule has 0 spiro atoms. The van der Waals surface area contributed by atoms with Crippen molar-refractivity contribution in [1.29, 1.82) is 0 Å². The van der Waals surface area contributed by atoms with E-state index in [1.54, 1.807) is 30.0 Å². The first-order valence-electron chi connectivity index (χ1n) is 9.99. The summed E-state index contributed by atoms with van der Waals surface area (Å²) in [6.07, 6.45) is -8.43. The Kier molecular flexibility index (Phi) is 6.62. The first kappa shape index (κ1) is 24.4. The molecule has 0 atom stereocenters. The van der Waals surface area contributed by atoms with Crippen LogP contribution in [-0.4, -0.2) is 43.9 Å². The third-order valence-corrected chi connectivity index (χ3v) is 5.21. The molecule has 0 radical (unpaired) electrons. The van der Waals surface area contributed by atoms with Crippen LogP contribution in [0.15, 0.2) is 36.4 Å². The van der Waals surface area contributed by atoms with E-state index in [0.717, 1.165) is 12.8 Å². The quantitative estimate of drug-likeness (QED) is 0.615. The summed E-state index contributed by atoms with van der Waals surface area (Å²) in [6.45, 7) is 1.15. The van der Waals surface area contributed by atoms with Crippen LogP contribution in [0.1, 0.15) is 44.7 Å². The van der Waals surface area contributed by atoms with Crippen LogP contribution < -0.4 is 10.2 Å². The Morgan fingerprint density at radius 1 is 0.879 bits per heavy atom. The highest BCUT2D eigenvalue weighted by atomic mass is 19.4. The number of hydrogen-bond donors (Lipinski definition) is 1. The molecule has 33 heavy (non-hydrogen) atoms. The summed E-state index contributed by atoms with van der Waals surface area (Å²) in [5, 5.41) is 2.30. The summed E-state index contributed by atoms with van der Waals surface area (Å²) in [5.74, 6) is -1.44. The van der Waals surface area contributed by atoms with Crippen LogP contribution in [0.4, 0.5) is 37.7 Å². The second kappa shape index (κ2) is 8.95. The predicted molar refractivity (Wildman–Crippen MR) is 110 cm³/mol. The van der Waals surface area contributed by atoms with E-state index in [1.165, 1.54) is 12.1 Å². The van der Waals surface area contributed by atoms with Crippen LogP contribution in [0.5, 0.6) is 0 Å². The Hall–Kier alpha value is -3.24. The highest BCUT2D eigenvalue weighted by Crippen LogP contribution is 2.36. The number of amides is 2. The number of carbonyl (C=O) groups is 2. The lowest BCUT2D eigenvalue weighted by molar-refractivity contribution is -0.143. The maximum absolute atomic E-state index is 13.1. The summed E-state index contributed by atoms with van der Waals surface area (Å²) in [7, 11) is 3.44. The van der Waals surface area contributed by atoms with Crippen molar-refractivity contribution in [3.8, 4) is 0 Å². The van der Waals surface area contributed by atoms with Crippen LogP contribution in [-0.2, 0) is 12.4 Å². The van der Waals surface area contributed by atoms with Gasteiger partial charge in [0, 0.05) is 44.1 Å². The van der Waals surface area contributed by atoms with Crippen molar-refractivity contribution in [2.75, 3.05) is 37.4 Å². The minimum Gasteiger partial charge on any atom is -0.377 e. The molecule has 1 saturated heterocycles. The Balaban J connectivity index is 1.96. The van der Waals surface area contributed by atoms with Crippen molar-refractivity contribution < 1.29 is 35.9 Å². The van der Waals surface area contributed by atoms with Crippen molar-refractivity contribution in [2.24, 2.45) is 0 Å². The molecule has 0 bridgehead atoms. The van der Waals surface area contributed by atoms with E-state index in [9.17, 15) is 35.9 Å². The van der Waals surface area contributed by atoms with Crippen molar-refractivity contribution in [2.45, 2.75) is 25.2 Å². The third-order valence-electron chi connectivity index (χ3n) is 5.21. The molecule has 1 heterocycles. The number of rotatable bonds is 4. The number of benzene rings is 2. The molecule has 1 aliphatic heterocycles. The molecule has 0 saturated carbocycles. The van der Waals surface area contributed by atoms with Gasteiger partial charge < -0.3 is 15.1 Å². The first-order chi connectivity index (χ1) is 15.3. The largest absolute Gasteiger partial charge is 0.416 e. The standard InChI is InChI=1S/C22H21F6N3O2/c1-30(2)18-6-5-16(12-17(18)20(33)31-7-3-4-8-31)29-19(32)13-9-14(21(23,24)25)11-15(10-13)22(26,27)28/h5-6,9-12H,3-4,7-8H2,1-2H3,(H,29,32). The lowest BCUT2D eigenvalue weighted by atomic mass is 10.0. The number of nitrogens with zero attached hydrogens (tertiary/aromatic N) is 2. The fraction of sp³-hybridized carbons (Fsp3) is 0.364. The summed E-state index contributed by atoms with van der Waals surface area (Å²) in [5.41, 5.74) is -3.09. The van der Waals surface area contributed by atoms with Crippen molar-refractivity contribution in [3.63, 3.8) is 0 Å². The predicted octanol–water partition coefficient (Wildman–Crippen LogP) is 5.28. The SMILES string of the molecule is CN(C)c1ccc(NC(=O)c2cc(C(F)(F)F)cc(C(F)(F)F)c2)cc1C(=O)N1CCCC1. The minimum absolute atomic E-state index is 0.0462. The van der Waals surface area contributed by atoms with E-state index in [4.69, 9.17) is 0 Å². The molecule has 1 N–H and O–H groups in total. The summed E-state index contributed by atoms with van der Waals surface area (Å²) in [6, 6.07) is 5.00. The zero-order chi connectivity index (χ0) is 24.6. The number of likely N-dealkylation sites (tertiary alicyclic amines) is 1. The van der Waals surface area contributed by atoms with Crippen LogP contribution in [0.3, 0.4) is 0 Å². The van der Waals surface area contributed by atoms with E-state index in [1.807, 2.05) is 0 Å². The monoisotopic (exact) mass is 473 g/mol. The second-order valence-electron chi connectivity index (χ2n) is 7.87. The topological polar surface area (TPSA) is 52.7 Å². The number of anilines is 2. The smallest absolute Gasteiger partial charge is 0.377 e. The van der Waals surface area contributed by atoms with Gasteiger partial charge in [-0.15, -0.1) is 0 Å².